The van der Waals surface area contributed by atoms with Gasteiger partial charge in [0.1, 0.15) is 5.75 Å². The van der Waals surface area contributed by atoms with Gasteiger partial charge in [0.2, 0.25) is 0 Å². The van der Waals surface area contributed by atoms with E-state index in [0.717, 1.165) is 38.5 Å². The predicted molar refractivity (Wildman–Crippen MR) is 94.0 cm³/mol. The number of morpholine rings is 1. The summed E-state index contributed by atoms with van der Waals surface area (Å²) < 4.78 is 10.7. The number of ether oxygens (including phenoxy) is 2. The third-order valence-corrected chi connectivity index (χ3v) is 4.40. The molecule has 0 aliphatic carbocycles. The van der Waals surface area contributed by atoms with Gasteiger partial charge in [0, 0.05) is 13.1 Å². The van der Waals surface area contributed by atoms with Crippen LogP contribution in [0.15, 0.2) is 48.5 Å². The summed E-state index contributed by atoms with van der Waals surface area (Å²) in [4.78, 5) is 2.49. The van der Waals surface area contributed by atoms with Crippen LogP contribution in [0.4, 0.5) is 0 Å². The van der Waals surface area contributed by atoms with Crippen molar-refractivity contribution in [3.05, 3.63) is 54.1 Å². The summed E-state index contributed by atoms with van der Waals surface area (Å²) in [6.45, 7) is 5.09. The van der Waals surface area contributed by atoms with E-state index in [1.165, 1.54) is 29.7 Å². The lowest BCUT2D eigenvalue weighted by Crippen LogP contribution is -2.36. The highest BCUT2D eigenvalue weighted by Gasteiger charge is 2.09. The van der Waals surface area contributed by atoms with E-state index >= 15 is 0 Å². The van der Waals surface area contributed by atoms with Gasteiger partial charge in [-0.2, -0.15) is 0 Å². The Labute approximate surface area is 138 Å². The standard InChI is InChI=1S/C20H25NO2/c1-22-20-6-2-5-19(16-20)18-9-7-17(8-10-18)4-3-11-21-12-14-23-15-13-21/h2,5-10,16H,3-4,11-15H2,1H3. The molecule has 0 saturated carbocycles. The van der Waals surface area contributed by atoms with E-state index in [-0.39, 0.29) is 0 Å². The molecule has 23 heavy (non-hydrogen) atoms. The van der Waals surface area contributed by atoms with Crippen molar-refractivity contribution in [2.75, 3.05) is 40.0 Å². The first-order valence-electron chi connectivity index (χ1n) is 8.38. The molecule has 1 aliphatic rings. The Balaban J connectivity index is 1.54. The molecule has 3 nitrogen and oxygen atoms in total. The molecule has 0 N–H and O–H groups in total. The normalized spacial score (nSPS) is 15.5. The number of benzene rings is 2. The number of aryl methyl sites for hydroxylation is 1. The molecule has 0 spiro atoms. The van der Waals surface area contributed by atoms with Crippen molar-refractivity contribution in [2.24, 2.45) is 0 Å². The third kappa shape index (κ3) is 4.57. The molecule has 0 amide bonds. The van der Waals surface area contributed by atoms with Crippen molar-refractivity contribution in [3.8, 4) is 16.9 Å². The second kappa shape index (κ2) is 8.14. The first-order chi connectivity index (χ1) is 11.3. The highest BCUT2D eigenvalue weighted by atomic mass is 16.5. The molecule has 1 aliphatic heterocycles. The summed E-state index contributed by atoms with van der Waals surface area (Å²) in [6.07, 6.45) is 2.34. The topological polar surface area (TPSA) is 21.7 Å². The lowest BCUT2D eigenvalue weighted by atomic mass is 10.0. The van der Waals surface area contributed by atoms with Crippen LogP contribution in [-0.2, 0) is 11.2 Å². The monoisotopic (exact) mass is 311 g/mol. The van der Waals surface area contributed by atoms with Crippen LogP contribution in [0, 0.1) is 0 Å². The Morgan fingerprint density at radius 1 is 1.00 bits per heavy atom. The minimum Gasteiger partial charge on any atom is -0.497 e. The summed E-state index contributed by atoms with van der Waals surface area (Å²) >= 11 is 0. The lowest BCUT2D eigenvalue weighted by molar-refractivity contribution is 0.0375. The van der Waals surface area contributed by atoms with Gasteiger partial charge in [-0.25, -0.2) is 0 Å². The van der Waals surface area contributed by atoms with E-state index in [4.69, 9.17) is 9.47 Å². The maximum Gasteiger partial charge on any atom is 0.119 e. The minimum absolute atomic E-state index is 0.884. The van der Waals surface area contributed by atoms with Crippen molar-refractivity contribution in [3.63, 3.8) is 0 Å². The summed E-state index contributed by atoms with van der Waals surface area (Å²) in [7, 11) is 1.71. The SMILES string of the molecule is COc1cccc(-c2ccc(CCCN3CCOCC3)cc2)c1. The van der Waals surface area contributed by atoms with E-state index in [2.05, 4.69) is 41.3 Å². The smallest absolute Gasteiger partial charge is 0.119 e. The Hall–Kier alpha value is -1.84. The fourth-order valence-corrected chi connectivity index (χ4v) is 3.00. The molecule has 3 heteroatoms. The van der Waals surface area contributed by atoms with Gasteiger partial charge < -0.3 is 9.47 Å². The first kappa shape index (κ1) is 16.0. The molecular formula is C20H25NO2. The van der Waals surface area contributed by atoms with E-state index in [1.807, 2.05) is 12.1 Å². The Kier molecular flexibility index (Phi) is 5.67. The molecule has 3 rings (SSSR count). The second-order valence-corrected chi connectivity index (χ2v) is 5.99. The fourth-order valence-electron chi connectivity index (χ4n) is 3.00. The van der Waals surface area contributed by atoms with Crippen LogP contribution in [0.3, 0.4) is 0 Å². The highest BCUT2D eigenvalue weighted by molar-refractivity contribution is 5.65. The molecule has 1 heterocycles. The Bertz CT molecular complexity index is 603. The van der Waals surface area contributed by atoms with Crippen molar-refractivity contribution in [2.45, 2.75) is 12.8 Å². The Morgan fingerprint density at radius 2 is 1.78 bits per heavy atom. The van der Waals surface area contributed by atoms with Crippen LogP contribution < -0.4 is 4.74 Å². The lowest BCUT2D eigenvalue weighted by Gasteiger charge is -2.26. The molecule has 1 fully saturated rings. The van der Waals surface area contributed by atoms with Gasteiger partial charge in [-0.15, -0.1) is 0 Å². The summed E-state index contributed by atoms with van der Waals surface area (Å²) in [5.41, 5.74) is 3.84. The molecule has 0 atom stereocenters. The zero-order valence-electron chi connectivity index (χ0n) is 13.8. The molecule has 2 aromatic rings. The zero-order valence-corrected chi connectivity index (χ0v) is 13.8. The molecule has 0 unspecified atom stereocenters. The van der Waals surface area contributed by atoms with Gasteiger partial charge in [-0.1, -0.05) is 36.4 Å². The second-order valence-electron chi connectivity index (χ2n) is 5.99. The molecule has 0 radical (unpaired) electrons. The number of hydrogen-bond donors (Lipinski definition) is 0. The van der Waals surface area contributed by atoms with Crippen molar-refractivity contribution < 1.29 is 9.47 Å². The first-order valence-corrected chi connectivity index (χ1v) is 8.38. The highest BCUT2D eigenvalue weighted by Crippen LogP contribution is 2.24. The quantitative estimate of drug-likeness (QED) is 0.813. The van der Waals surface area contributed by atoms with E-state index in [0.29, 0.717) is 0 Å². The third-order valence-electron chi connectivity index (χ3n) is 4.40. The molecule has 2 aromatic carbocycles. The van der Waals surface area contributed by atoms with Crippen LogP contribution in [0.1, 0.15) is 12.0 Å². The fraction of sp³-hybridized carbons (Fsp3) is 0.400. The van der Waals surface area contributed by atoms with Gasteiger partial charge in [0.25, 0.3) is 0 Å². The van der Waals surface area contributed by atoms with Crippen LogP contribution in [0.25, 0.3) is 11.1 Å². The number of rotatable bonds is 6. The van der Waals surface area contributed by atoms with E-state index in [1.54, 1.807) is 7.11 Å². The van der Waals surface area contributed by atoms with Crippen LogP contribution in [0.5, 0.6) is 5.75 Å². The predicted octanol–water partition coefficient (Wildman–Crippen LogP) is 3.63. The number of nitrogens with zero attached hydrogens (tertiary/aromatic N) is 1. The van der Waals surface area contributed by atoms with Crippen LogP contribution >= 0.6 is 0 Å². The number of hydrogen-bond acceptors (Lipinski definition) is 3. The van der Waals surface area contributed by atoms with Crippen LogP contribution in [-0.4, -0.2) is 44.9 Å². The maximum absolute atomic E-state index is 5.39. The van der Waals surface area contributed by atoms with Crippen molar-refractivity contribution >= 4 is 0 Å². The summed E-state index contributed by atoms with van der Waals surface area (Å²) in [5, 5.41) is 0. The maximum atomic E-state index is 5.39. The summed E-state index contributed by atoms with van der Waals surface area (Å²) in [6, 6.07) is 17.1. The molecule has 0 bridgehead atoms. The van der Waals surface area contributed by atoms with Gasteiger partial charge in [-0.3, -0.25) is 4.90 Å². The van der Waals surface area contributed by atoms with Gasteiger partial charge in [0.05, 0.1) is 20.3 Å². The zero-order chi connectivity index (χ0) is 15.9. The average molecular weight is 311 g/mol. The van der Waals surface area contributed by atoms with Gasteiger partial charge >= 0.3 is 0 Å². The van der Waals surface area contributed by atoms with Crippen molar-refractivity contribution in [1.82, 2.24) is 4.90 Å². The van der Waals surface area contributed by atoms with E-state index in [9.17, 15) is 0 Å². The molecule has 1 saturated heterocycles. The number of methoxy groups -OCH3 is 1. The van der Waals surface area contributed by atoms with E-state index < -0.39 is 0 Å². The van der Waals surface area contributed by atoms with Gasteiger partial charge in [-0.05, 0) is 48.2 Å². The largest absolute Gasteiger partial charge is 0.497 e. The molecular weight excluding hydrogens is 286 g/mol. The Morgan fingerprint density at radius 3 is 2.52 bits per heavy atom. The van der Waals surface area contributed by atoms with Crippen molar-refractivity contribution in [1.29, 1.82) is 0 Å². The molecule has 122 valence electrons. The minimum atomic E-state index is 0.884. The van der Waals surface area contributed by atoms with Crippen LogP contribution in [0.2, 0.25) is 0 Å². The molecule has 0 aromatic heterocycles. The summed E-state index contributed by atoms with van der Waals surface area (Å²) in [5.74, 6) is 0.900. The average Bonchev–Trinajstić information content (AvgIpc) is 2.63. The van der Waals surface area contributed by atoms with Gasteiger partial charge in [0.15, 0.2) is 0 Å².